The number of halogens is 2. The van der Waals surface area contributed by atoms with Crippen LogP contribution in [0.5, 0.6) is 0 Å². The average Bonchev–Trinajstić information content (AvgIpc) is 1.98. The van der Waals surface area contributed by atoms with Crippen LogP contribution in [-0.2, 0) is 0 Å². The van der Waals surface area contributed by atoms with Crippen molar-refractivity contribution in [2.45, 2.75) is 43.7 Å². The van der Waals surface area contributed by atoms with Crippen molar-refractivity contribution in [2.75, 3.05) is 0 Å². The predicted molar refractivity (Wildman–Crippen MR) is 62.9 cm³/mol. The monoisotopic (exact) mass is 238 g/mol. The van der Waals surface area contributed by atoms with Crippen LogP contribution in [0, 0.1) is 17.8 Å². The van der Waals surface area contributed by atoms with Crippen LogP contribution in [0.2, 0.25) is 0 Å². The standard InChI is InChI=1S/C10H18N2.2ClH/c11-9-8-2-6-1-7(3-8)5-10(9,12)4-6;;/h6-9H,1-5,11-12H2;2*1H. The zero-order valence-corrected chi connectivity index (χ0v) is 9.95. The summed E-state index contributed by atoms with van der Waals surface area (Å²) in [5.74, 6) is 2.61. The third kappa shape index (κ3) is 1.57. The lowest BCUT2D eigenvalue weighted by Gasteiger charge is -2.58. The van der Waals surface area contributed by atoms with E-state index >= 15 is 0 Å². The first-order valence-electron chi connectivity index (χ1n) is 5.22. The van der Waals surface area contributed by atoms with Gasteiger partial charge in [0.1, 0.15) is 0 Å². The molecule has 3 atom stereocenters. The highest BCUT2D eigenvalue weighted by molar-refractivity contribution is 5.85. The van der Waals surface area contributed by atoms with E-state index in [1.165, 1.54) is 32.1 Å². The Morgan fingerprint density at radius 1 is 0.929 bits per heavy atom. The molecule has 0 aromatic heterocycles. The second kappa shape index (κ2) is 3.82. The third-order valence-electron chi connectivity index (χ3n) is 4.45. The Bertz CT molecular complexity index is 208. The molecular weight excluding hydrogens is 219 g/mol. The van der Waals surface area contributed by atoms with E-state index in [1.54, 1.807) is 0 Å². The van der Waals surface area contributed by atoms with E-state index in [0.717, 1.165) is 17.8 Å². The molecule has 4 N–H and O–H groups in total. The van der Waals surface area contributed by atoms with Crippen LogP contribution in [0.4, 0.5) is 0 Å². The van der Waals surface area contributed by atoms with Gasteiger partial charge in [-0.2, -0.15) is 0 Å². The van der Waals surface area contributed by atoms with Gasteiger partial charge in [-0.05, 0) is 49.9 Å². The maximum absolute atomic E-state index is 6.34. The van der Waals surface area contributed by atoms with Crippen molar-refractivity contribution in [1.29, 1.82) is 0 Å². The third-order valence-corrected chi connectivity index (χ3v) is 4.45. The van der Waals surface area contributed by atoms with Crippen molar-refractivity contribution in [2.24, 2.45) is 29.2 Å². The summed E-state index contributed by atoms with van der Waals surface area (Å²) in [6.07, 6.45) is 6.61. The quantitative estimate of drug-likeness (QED) is 0.676. The van der Waals surface area contributed by atoms with E-state index in [0.29, 0.717) is 6.04 Å². The van der Waals surface area contributed by atoms with Gasteiger partial charge in [0.2, 0.25) is 0 Å². The molecular formula is C10H20Cl2N2. The van der Waals surface area contributed by atoms with Gasteiger partial charge < -0.3 is 11.5 Å². The van der Waals surface area contributed by atoms with Crippen molar-refractivity contribution in [3.8, 4) is 0 Å². The molecule has 0 spiro atoms. The molecule has 84 valence electrons. The molecule has 4 fully saturated rings. The van der Waals surface area contributed by atoms with Gasteiger partial charge in [0, 0.05) is 11.6 Å². The first-order valence-corrected chi connectivity index (χ1v) is 5.22. The summed E-state index contributed by atoms with van der Waals surface area (Å²) in [4.78, 5) is 0. The Hall–Kier alpha value is 0.500. The van der Waals surface area contributed by atoms with Crippen molar-refractivity contribution >= 4 is 24.8 Å². The van der Waals surface area contributed by atoms with Crippen molar-refractivity contribution < 1.29 is 0 Å². The summed E-state index contributed by atoms with van der Waals surface area (Å²) in [5, 5.41) is 0. The molecule has 0 aliphatic heterocycles. The van der Waals surface area contributed by atoms with Gasteiger partial charge in [0.25, 0.3) is 0 Å². The molecule has 4 aliphatic carbocycles. The number of hydrogen-bond acceptors (Lipinski definition) is 2. The fourth-order valence-corrected chi connectivity index (χ4v) is 4.14. The van der Waals surface area contributed by atoms with Crippen LogP contribution in [0.25, 0.3) is 0 Å². The zero-order chi connectivity index (χ0) is 8.34. The molecule has 0 saturated heterocycles. The Balaban J connectivity index is 0.000000490. The lowest BCUT2D eigenvalue weighted by atomic mass is 9.51. The van der Waals surface area contributed by atoms with Crippen LogP contribution < -0.4 is 11.5 Å². The highest BCUT2D eigenvalue weighted by Gasteiger charge is 2.53. The Morgan fingerprint density at radius 2 is 1.43 bits per heavy atom. The molecule has 4 rings (SSSR count). The molecule has 4 bridgehead atoms. The van der Waals surface area contributed by atoms with Crippen LogP contribution >= 0.6 is 24.8 Å². The highest BCUT2D eigenvalue weighted by atomic mass is 35.5. The van der Waals surface area contributed by atoms with Crippen molar-refractivity contribution in [1.82, 2.24) is 0 Å². The molecule has 0 amide bonds. The summed E-state index contributed by atoms with van der Waals surface area (Å²) in [6, 6.07) is 0.310. The van der Waals surface area contributed by atoms with Crippen molar-refractivity contribution in [3.63, 3.8) is 0 Å². The van der Waals surface area contributed by atoms with Crippen molar-refractivity contribution in [3.05, 3.63) is 0 Å². The van der Waals surface area contributed by atoms with Crippen LogP contribution in [0.15, 0.2) is 0 Å². The molecule has 0 aromatic carbocycles. The molecule has 3 unspecified atom stereocenters. The first kappa shape index (κ1) is 12.6. The maximum Gasteiger partial charge on any atom is 0.0315 e. The topological polar surface area (TPSA) is 52.0 Å². The largest absolute Gasteiger partial charge is 0.326 e. The van der Waals surface area contributed by atoms with E-state index in [1.807, 2.05) is 0 Å². The summed E-state index contributed by atoms with van der Waals surface area (Å²) in [5.41, 5.74) is 12.6. The van der Waals surface area contributed by atoms with E-state index in [-0.39, 0.29) is 30.4 Å². The minimum absolute atomic E-state index is 0. The molecule has 4 saturated carbocycles. The molecule has 0 aromatic rings. The predicted octanol–water partition coefficient (Wildman–Crippen LogP) is 1.69. The van der Waals surface area contributed by atoms with E-state index < -0.39 is 0 Å². The lowest BCUT2D eigenvalue weighted by Crippen LogP contribution is -2.68. The van der Waals surface area contributed by atoms with Gasteiger partial charge in [0.15, 0.2) is 0 Å². The van der Waals surface area contributed by atoms with E-state index in [4.69, 9.17) is 11.5 Å². The van der Waals surface area contributed by atoms with E-state index in [2.05, 4.69) is 0 Å². The summed E-state index contributed by atoms with van der Waals surface area (Å²) in [6.45, 7) is 0. The fraction of sp³-hybridized carbons (Fsp3) is 1.00. The molecule has 0 radical (unpaired) electrons. The normalized spacial score (nSPS) is 53.6. The minimum atomic E-state index is 0. The highest BCUT2D eigenvalue weighted by Crippen LogP contribution is 2.53. The SMILES string of the molecule is Cl.Cl.NC1C2CC3CC(C2)CC1(N)C3. The first-order chi connectivity index (χ1) is 5.67. The Morgan fingerprint density at radius 3 is 1.86 bits per heavy atom. The summed E-state index contributed by atoms with van der Waals surface area (Å²) < 4.78 is 0. The second-order valence-corrected chi connectivity index (χ2v) is 5.37. The Labute approximate surface area is 98.0 Å². The second-order valence-electron chi connectivity index (χ2n) is 5.37. The average molecular weight is 239 g/mol. The Kier molecular flexibility index (Phi) is 3.43. The maximum atomic E-state index is 6.34. The molecule has 2 nitrogen and oxygen atoms in total. The van der Waals surface area contributed by atoms with Gasteiger partial charge in [-0.1, -0.05) is 0 Å². The van der Waals surface area contributed by atoms with Gasteiger partial charge in [-0.3, -0.25) is 0 Å². The van der Waals surface area contributed by atoms with Gasteiger partial charge in [0.05, 0.1) is 0 Å². The number of rotatable bonds is 0. The van der Waals surface area contributed by atoms with Gasteiger partial charge >= 0.3 is 0 Å². The molecule has 0 heterocycles. The van der Waals surface area contributed by atoms with Crippen LogP contribution in [0.1, 0.15) is 32.1 Å². The summed E-state index contributed by atoms with van der Waals surface area (Å²) >= 11 is 0. The van der Waals surface area contributed by atoms with Gasteiger partial charge in [-0.25, -0.2) is 0 Å². The van der Waals surface area contributed by atoms with Crippen LogP contribution in [0.3, 0.4) is 0 Å². The van der Waals surface area contributed by atoms with Crippen LogP contribution in [-0.4, -0.2) is 11.6 Å². The number of nitrogens with two attached hydrogens (primary N) is 2. The number of hydrogen-bond donors (Lipinski definition) is 2. The fourth-order valence-electron chi connectivity index (χ4n) is 4.14. The smallest absolute Gasteiger partial charge is 0.0315 e. The summed E-state index contributed by atoms with van der Waals surface area (Å²) in [7, 11) is 0. The van der Waals surface area contributed by atoms with Gasteiger partial charge in [-0.15, -0.1) is 24.8 Å². The minimum Gasteiger partial charge on any atom is -0.326 e. The molecule has 14 heavy (non-hydrogen) atoms. The molecule has 4 heteroatoms. The van der Waals surface area contributed by atoms with E-state index in [9.17, 15) is 0 Å². The lowest BCUT2D eigenvalue weighted by molar-refractivity contribution is -0.0189. The zero-order valence-electron chi connectivity index (χ0n) is 8.32. The molecule has 4 aliphatic rings.